The van der Waals surface area contributed by atoms with Crippen molar-refractivity contribution in [1.29, 1.82) is 0 Å². The third-order valence-corrected chi connectivity index (χ3v) is 15.6. The number of ether oxygens (including phenoxy) is 3. The fourth-order valence-electron chi connectivity index (χ4n) is 6.73. The number of hydrogen-bond donors (Lipinski definition) is 32. The number of thioether (sulfide) groups is 1. The lowest BCUT2D eigenvalue weighted by atomic mass is 10.0. The zero-order valence-electron chi connectivity index (χ0n) is 68.2. The Bertz CT molecular complexity index is 2980. The van der Waals surface area contributed by atoms with Crippen molar-refractivity contribution in [3.05, 3.63) is 18.2 Å². The number of carbonyl (C=O) groups is 17. The monoisotopic (exact) mass is 1800 g/mol. The number of esters is 4. The number of hydrogen-bond acceptors (Lipinski definition) is 40. The summed E-state index contributed by atoms with van der Waals surface area (Å²) in [5.74, 6) is -14.0. The molecule has 0 saturated carbocycles. The van der Waals surface area contributed by atoms with E-state index in [2.05, 4.69) is 78.8 Å². The summed E-state index contributed by atoms with van der Waals surface area (Å²) in [7, 11) is 0. The zero-order valence-corrected chi connectivity index (χ0v) is 70.8. The lowest BCUT2D eigenvalue weighted by molar-refractivity contribution is -0.164. The topological polar surface area (TPSA) is 990 Å². The van der Waals surface area contributed by atoms with Gasteiger partial charge in [0.05, 0.1) is 38.1 Å². The quantitative estimate of drug-likeness (QED) is 0.0132. The van der Waals surface area contributed by atoms with Gasteiger partial charge in [-0.2, -0.15) is 37.0 Å². The van der Waals surface area contributed by atoms with Gasteiger partial charge in [0.15, 0.2) is 0 Å². The largest absolute Gasteiger partial charge is 0.480 e. The summed E-state index contributed by atoms with van der Waals surface area (Å²) in [5, 5.41) is 106. The number of aromatic amines is 1. The Morgan fingerprint density at radius 2 is 0.858 bits per heavy atom. The van der Waals surface area contributed by atoms with Crippen LogP contribution in [0.15, 0.2) is 12.5 Å². The Morgan fingerprint density at radius 3 is 1.08 bits per heavy atom. The first-order chi connectivity index (χ1) is 55.4. The van der Waals surface area contributed by atoms with E-state index in [4.69, 9.17) is 128 Å². The predicted octanol–water partition coefficient (Wildman–Crippen LogP) is -8.01. The maximum Gasteiger partial charge on any atom is 0.334 e. The minimum atomic E-state index is -1.27. The van der Waals surface area contributed by atoms with E-state index in [0.717, 1.165) is 70.3 Å². The lowest BCUT2D eigenvalue weighted by Gasteiger charge is -2.18. The van der Waals surface area contributed by atoms with Crippen molar-refractivity contribution >= 4 is 138 Å². The molecular formula is C66H131N19O32S3. The van der Waals surface area contributed by atoms with Crippen LogP contribution in [0.5, 0.6) is 0 Å². The van der Waals surface area contributed by atoms with Gasteiger partial charge in [-0.05, 0) is 108 Å². The molecule has 0 unspecified atom stereocenters. The first kappa shape index (κ1) is 129. The Morgan fingerprint density at radius 1 is 0.492 bits per heavy atom. The summed E-state index contributed by atoms with van der Waals surface area (Å²) >= 11 is 9.05. The van der Waals surface area contributed by atoms with Gasteiger partial charge in [-0.15, -0.1) is 0 Å². The Balaban J connectivity index is -0.000000163. The summed E-state index contributed by atoms with van der Waals surface area (Å²) in [5.41, 5.74) is 71.8. The van der Waals surface area contributed by atoms with E-state index in [-0.39, 0.29) is 79.9 Å². The van der Waals surface area contributed by atoms with Crippen LogP contribution in [-0.4, -0.2) is 327 Å². The summed E-state index contributed by atoms with van der Waals surface area (Å²) in [6.07, 6.45) is 11.2. The highest BCUT2D eigenvalue weighted by molar-refractivity contribution is 7.98. The average molecular weight is 1800 g/mol. The number of nitrogens with zero attached hydrogens (tertiary/aromatic N) is 1. The van der Waals surface area contributed by atoms with E-state index in [1.54, 1.807) is 31.8 Å². The molecule has 1 aromatic rings. The van der Waals surface area contributed by atoms with Gasteiger partial charge in [0, 0.05) is 24.1 Å². The minimum Gasteiger partial charge on any atom is -0.480 e. The van der Waals surface area contributed by atoms with Crippen LogP contribution in [0.2, 0.25) is 0 Å². The minimum absolute atomic E-state index is 0.0718. The van der Waals surface area contributed by atoms with E-state index in [1.807, 2.05) is 34.0 Å². The molecule has 0 radical (unpaired) electrons. The first-order valence-electron chi connectivity index (χ1n) is 36.0. The summed E-state index contributed by atoms with van der Waals surface area (Å²) in [6.45, 7) is 13.8. The van der Waals surface area contributed by atoms with Gasteiger partial charge in [-0.25, -0.2) is 14.6 Å². The summed E-state index contributed by atoms with van der Waals surface area (Å²) in [4.78, 5) is 181. The van der Waals surface area contributed by atoms with E-state index in [0.29, 0.717) is 18.5 Å². The van der Waals surface area contributed by atoms with Gasteiger partial charge in [-0.3, -0.25) is 71.9 Å². The van der Waals surface area contributed by atoms with Crippen molar-refractivity contribution in [3.63, 3.8) is 0 Å². The highest BCUT2D eigenvalue weighted by Crippen LogP contribution is 2.09. The normalized spacial score (nSPS) is 16.5. The molecule has 3 aliphatic rings. The molecule has 3 aliphatic heterocycles. The van der Waals surface area contributed by atoms with Crippen LogP contribution in [0.1, 0.15) is 118 Å². The zero-order chi connectivity index (χ0) is 95.8. The predicted molar refractivity (Wildman–Crippen MR) is 440 cm³/mol. The molecule has 0 bridgehead atoms. The molecule has 3 fully saturated rings. The Kier molecular flexibility index (Phi) is 85.5. The SMILES string of the molecule is CC(C)C[C@H](N)C(=O)OC(=O)[C@@H](N)COC(=O)[C@@H](N)C(C)C.CC[C@H](C)[C@H](N)C(=O)O.CSCC[C@H](N)C(=O)O.C[C@@H](OC(=O)[C@@H](N)CS)[C@H](N)C(=O)O.NC(=O)C[C@H](N)C(=O)O.NCC(=O)O.NCC(=O)O.NCC(=O)O.N[C@@H](CS)C(=O)O.N[C@@H](Cc1c[nH]cn1)C(=O)O.O=C(O)[C@@H]1CCCN1.O=C(O)[C@@H]1CCCN1.O=C(O)[C@@H]1CCCN1. The van der Waals surface area contributed by atoms with Crippen molar-refractivity contribution < 1.29 is 157 Å². The number of carboxylic acids is 12. The number of amides is 1. The Labute approximate surface area is 707 Å². The first-order valence-corrected chi connectivity index (χ1v) is 38.7. The Hall–Kier alpha value is -9.19. The van der Waals surface area contributed by atoms with Crippen molar-refractivity contribution in [1.82, 2.24) is 25.9 Å². The average Bonchev–Trinajstić information content (AvgIpc) is 1.54. The second kappa shape index (κ2) is 79.6. The number of carbonyl (C=O) groups excluding carboxylic acids is 5. The van der Waals surface area contributed by atoms with Gasteiger partial charge < -0.3 is 177 Å². The van der Waals surface area contributed by atoms with Crippen LogP contribution >= 0.6 is 37.0 Å². The lowest BCUT2D eigenvalue weighted by Crippen LogP contribution is -2.45. The number of carboxylic acid groups (broad SMARTS) is 12. The maximum atomic E-state index is 11.6. The fraction of sp³-hybridized carbons (Fsp3) is 0.697. The highest BCUT2D eigenvalue weighted by Gasteiger charge is 2.29. The molecule has 4 rings (SSSR count). The molecule has 1 aromatic heterocycles. The van der Waals surface area contributed by atoms with Gasteiger partial charge in [0.25, 0.3) is 0 Å². The standard InChI is InChI=1S/C14H27N3O5.C7H14N2O4S.C6H9N3O2.C6H13NO2.C5H11NO2S.3C5H9NO2.C4H8N2O3.C3H7NO2S.3C2H5NO2/c1-7(2)5-9(15)12(18)22-13(19)10(16)6-21-14(20)11(17)8(3)4;1-3(5(9)6(10)11)13-7(12)4(8)2-14;7-5(6(10)11)1-4-2-8-3-9-4;1-3-4(2)5(7)6(8)9;1-9-3-2-4(6)5(7)8;3*7-5(8)4-2-1-3-6-4;5-2(4(8)9)1-3(6)7;4-2(1-7)3(5)6;3*3-1-2(4)5/h7-11H,5-6,15-17H2,1-4H3;3-5,14H,2,8-9H2,1H3,(H,10,11);2-3,5H,1,7H2,(H,8,9)(H,10,11);4-5H,3,7H2,1-2H3,(H,8,9);4H,2-3,6H2,1H3,(H,7,8);3*4,6H,1-3H2,(H,7,8);2H,1,5H2,(H2,6,7)(H,8,9);2,7H,1,4H2,(H,5,6);3*1,3H2,(H,4,5)/t9-,10-,11-;3-,4+,5+;5-;4-,5-;4*4-;2*2-;;;/m0100000000.../s1. The van der Waals surface area contributed by atoms with Crippen LogP contribution in [0, 0.1) is 17.8 Å². The third-order valence-electron chi connectivity index (χ3n) is 14.2. The molecule has 0 spiro atoms. The van der Waals surface area contributed by atoms with E-state index >= 15 is 0 Å². The molecule has 0 aromatic carbocycles. The molecule has 44 N–H and O–H groups in total. The molecule has 120 heavy (non-hydrogen) atoms. The van der Waals surface area contributed by atoms with Gasteiger partial charge in [-0.1, -0.05) is 48.0 Å². The number of rotatable bonds is 34. The van der Waals surface area contributed by atoms with Gasteiger partial charge in [0.2, 0.25) is 5.91 Å². The van der Waals surface area contributed by atoms with E-state index in [1.165, 1.54) is 13.3 Å². The molecule has 700 valence electrons. The van der Waals surface area contributed by atoms with E-state index < -0.39 is 175 Å². The molecule has 0 aliphatic carbocycles. The van der Waals surface area contributed by atoms with Crippen LogP contribution in [0.25, 0.3) is 0 Å². The number of aromatic nitrogens is 2. The van der Waals surface area contributed by atoms with Crippen LogP contribution in [0.4, 0.5) is 0 Å². The highest BCUT2D eigenvalue weighted by atomic mass is 32.2. The number of aliphatic carboxylic acids is 12. The second-order valence-electron chi connectivity index (χ2n) is 25.5. The summed E-state index contributed by atoms with van der Waals surface area (Å²) in [6, 6.07) is -10.1. The van der Waals surface area contributed by atoms with Crippen molar-refractivity contribution in [2.75, 3.05) is 69.4 Å². The molecule has 51 nitrogen and oxygen atoms in total. The maximum absolute atomic E-state index is 11.6. The number of H-pyrrole nitrogens is 1. The number of nitrogens with two attached hydrogens (primary N) is 14. The van der Waals surface area contributed by atoms with Gasteiger partial charge >= 0.3 is 95.5 Å². The number of nitrogens with one attached hydrogen (secondary N) is 4. The number of thiol groups is 2. The van der Waals surface area contributed by atoms with Crippen LogP contribution in [0.3, 0.4) is 0 Å². The van der Waals surface area contributed by atoms with E-state index in [9.17, 15) is 81.5 Å². The van der Waals surface area contributed by atoms with Crippen LogP contribution in [-0.2, 0) is 102 Å². The fourth-order valence-corrected chi connectivity index (χ4v) is 7.53. The molecule has 3 saturated heterocycles. The van der Waals surface area contributed by atoms with Crippen LogP contribution < -0.4 is 96.2 Å². The smallest absolute Gasteiger partial charge is 0.334 e. The molecule has 15 atom stereocenters. The third kappa shape index (κ3) is 82.5. The van der Waals surface area contributed by atoms with Crippen molar-refractivity contribution in [2.24, 2.45) is 98.0 Å². The van der Waals surface area contributed by atoms with Gasteiger partial charge in [0.1, 0.15) is 91.3 Å². The number of imidazole rings is 1. The summed E-state index contributed by atoms with van der Waals surface area (Å²) < 4.78 is 14.1. The number of primary amides is 1. The van der Waals surface area contributed by atoms with Crippen molar-refractivity contribution in [2.45, 2.75) is 204 Å². The molecule has 1 amide bonds. The molecule has 54 heteroatoms. The molecular weight excluding hydrogens is 1670 g/mol. The molecule has 4 heterocycles. The second-order valence-corrected chi connectivity index (χ2v) is 27.2. The van der Waals surface area contributed by atoms with Crippen molar-refractivity contribution in [3.8, 4) is 0 Å².